The summed E-state index contributed by atoms with van der Waals surface area (Å²) in [5.74, 6) is 0.567. The molecule has 164 valence electrons. The van der Waals surface area contributed by atoms with Gasteiger partial charge < -0.3 is 0 Å². The number of tetrazole rings is 1. The van der Waals surface area contributed by atoms with E-state index in [4.69, 9.17) is 0 Å². The molecule has 0 amide bonds. The lowest BCUT2D eigenvalue weighted by atomic mass is 9.98. The fourth-order valence-electron chi connectivity index (χ4n) is 3.75. The van der Waals surface area contributed by atoms with E-state index in [9.17, 15) is 4.79 Å². The molecule has 1 N–H and O–H groups in total. The zero-order valence-corrected chi connectivity index (χ0v) is 18.5. The molecule has 0 aliphatic heterocycles. The van der Waals surface area contributed by atoms with Gasteiger partial charge in [0, 0.05) is 18.3 Å². The molecule has 0 bridgehead atoms. The number of allylic oxidation sites excluding steroid dienone is 1. The Balaban J connectivity index is 1.62. The lowest BCUT2D eigenvalue weighted by Gasteiger charge is -2.09. The van der Waals surface area contributed by atoms with Crippen molar-refractivity contribution < 1.29 is 0 Å². The van der Waals surface area contributed by atoms with Gasteiger partial charge in [-0.2, -0.15) is 5.21 Å². The van der Waals surface area contributed by atoms with Crippen LogP contribution in [0.3, 0.4) is 0 Å². The van der Waals surface area contributed by atoms with Crippen LogP contribution in [0, 0.1) is 0 Å². The fourth-order valence-corrected chi connectivity index (χ4v) is 3.75. The highest BCUT2D eigenvalue weighted by Gasteiger charge is 2.12. The number of aromatic amines is 1. The van der Waals surface area contributed by atoms with Gasteiger partial charge in [-0.3, -0.25) is 9.13 Å². The van der Waals surface area contributed by atoms with Crippen LogP contribution in [0.4, 0.5) is 0 Å². The van der Waals surface area contributed by atoms with Gasteiger partial charge in [0.1, 0.15) is 0 Å². The van der Waals surface area contributed by atoms with Crippen molar-refractivity contribution in [3.63, 3.8) is 0 Å². The van der Waals surface area contributed by atoms with Crippen molar-refractivity contribution in [3.05, 3.63) is 82.5 Å². The molecule has 0 saturated heterocycles. The van der Waals surface area contributed by atoms with Gasteiger partial charge in [-0.25, -0.2) is 4.79 Å². The number of imidazole rings is 1. The van der Waals surface area contributed by atoms with Crippen LogP contribution in [-0.4, -0.2) is 29.8 Å². The summed E-state index contributed by atoms with van der Waals surface area (Å²) < 4.78 is 3.68. The Morgan fingerprint density at radius 3 is 2.50 bits per heavy atom. The van der Waals surface area contributed by atoms with E-state index in [0.717, 1.165) is 53.8 Å². The first-order valence-electron chi connectivity index (χ1n) is 11.1. The molecule has 2 aromatic carbocycles. The van der Waals surface area contributed by atoms with Crippen LogP contribution >= 0.6 is 0 Å². The van der Waals surface area contributed by atoms with E-state index < -0.39 is 0 Å². The summed E-state index contributed by atoms with van der Waals surface area (Å²) in [4.78, 5) is 13.0. The summed E-state index contributed by atoms with van der Waals surface area (Å²) >= 11 is 0. The van der Waals surface area contributed by atoms with Crippen LogP contribution in [0.25, 0.3) is 28.6 Å². The van der Waals surface area contributed by atoms with Crippen molar-refractivity contribution >= 4 is 6.08 Å². The molecule has 0 radical (unpaired) electrons. The van der Waals surface area contributed by atoms with E-state index in [1.165, 1.54) is 0 Å². The number of nitrogens with zero attached hydrogens (tertiary/aromatic N) is 5. The predicted octanol–water partition coefficient (Wildman–Crippen LogP) is 4.77. The molecule has 0 spiro atoms. The third-order valence-electron chi connectivity index (χ3n) is 5.47. The topological polar surface area (TPSA) is 81.4 Å². The normalized spacial score (nSPS) is 11.4. The van der Waals surface area contributed by atoms with Gasteiger partial charge in [-0.15, -0.1) is 10.2 Å². The van der Waals surface area contributed by atoms with E-state index >= 15 is 0 Å². The quantitative estimate of drug-likeness (QED) is 0.416. The van der Waals surface area contributed by atoms with Crippen LogP contribution in [-0.2, 0) is 13.1 Å². The number of unbranched alkanes of at least 4 members (excludes halogenated alkanes) is 1. The van der Waals surface area contributed by atoms with Crippen LogP contribution in [0.5, 0.6) is 0 Å². The number of benzene rings is 2. The molecule has 2 heterocycles. The molecular weight excluding hydrogens is 400 g/mol. The van der Waals surface area contributed by atoms with Gasteiger partial charge >= 0.3 is 5.69 Å². The van der Waals surface area contributed by atoms with Gasteiger partial charge in [0.2, 0.25) is 5.82 Å². The van der Waals surface area contributed by atoms with Crippen LogP contribution in [0.1, 0.15) is 44.4 Å². The lowest BCUT2D eigenvalue weighted by Crippen LogP contribution is -2.25. The molecule has 2 aromatic heterocycles. The minimum absolute atomic E-state index is 0.0423. The van der Waals surface area contributed by atoms with Crippen molar-refractivity contribution in [2.24, 2.45) is 0 Å². The van der Waals surface area contributed by atoms with E-state index in [-0.39, 0.29) is 5.69 Å². The molecule has 0 aliphatic carbocycles. The van der Waals surface area contributed by atoms with Crippen molar-refractivity contribution in [2.45, 2.75) is 46.2 Å². The van der Waals surface area contributed by atoms with Gasteiger partial charge in [0.15, 0.2) is 0 Å². The maximum absolute atomic E-state index is 13.0. The number of nitrogens with one attached hydrogen (secondary N) is 1. The minimum atomic E-state index is 0.0423. The van der Waals surface area contributed by atoms with E-state index in [0.29, 0.717) is 12.4 Å². The standard InChI is InChI=1S/C25H28N6O/c1-3-5-9-21-18-30(16-6-4-2)25(32)31(21)17-19-12-14-20(15-13-19)22-10-7-8-11-23(22)24-26-28-29-27-24/h5,7-15,18H,3-4,6,16-17H2,1-2H3,(H,26,27,28,29)/b9-5+. The van der Waals surface area contributed by atoms with Crippen molar-refractivity contribution in [1.29, 1.82) is 0 Å². The van der Waals surface area contributed by atoms with Crippen molar-refractivity contribution in [2.75, 3.05) is 0 Å². The summed E-state index contributed by atoms with van der Waals surface area (Å²) in [6.45, 7) is 5.52. The highest BCUT2D eigenvalue weighted by atomic mass is 16.1. The zero-order chi connectivity index (χ0) is 22.3. The molecule has 0 saturated carbocycles. The summed E-state index contributed by atoms with van der Waals surface area (Å²) in [5, 5.41) is 14.4. The third-order valence-corrected chi connectivity index (χ3v) is 5.47. The van der Waals surface area contributed by atoms with Crippen LogP contribution in [0.15, 0.2) is 65.6 Å². The Morgan fingerprint density at radius 1 is 1.03 bits per heavy atom. The largest absolute Gasteiger partial charge is 0.328 e. The van der Waals surface area contributed by atoms with Gasteiger partial charge in [-0.1, -0.05) is 74.9 Å². The Labute approximate surface area is 187 Å². The molecule has 7 nitrogen and oxygen atoms in total. The lowest BCUT2D eigenvalue weighted by molar-refractivity contribution is 0.594. The monoisotopic (exact) mass is 428 g/mol. The molecule has 4 rings (SSSR count). The number of hydrogen-bond donors (Lipinski definition) is 1. The first kappa shape index (κ1) is 21.5. The molecule has 0 unspecified atom stereocenters. The van der Waals surface area contributed by atoms with Gasteiger partial charge in [0.25, 0.3) is 0 Å². The Kier molecular flexibility index (Phi) is 6.75. The van der Waals surface area contributed by atoms with E-state index in [1.54, 1.807) is 0 Å². The van der Waals surface area contributed by atoms with Crippen molar-refractivity contribution in [3.8, 4) is 22.5 Å². The Hall–Kier alpha value is -3.74. The molecule has 7 heteroatoms. The second-order valence-corrected chi connectivity index (χ2v) is 7.76. The highest BCUT2D eigenvalue weighted by Crippen LogP contribution is 2.29. The minimum Gasteiger partial charge on any atom is -0.299 e. The van der Waals surface area contributed by atoms with Gasteiger partial charge in [0.05, 0.1) is 12.2 Å². The molecule has 0 fully saturated rings. The van der Waals surface area contributed by atoms with Crippen LogP contribution < -0.4 is 5.69 Å². The fraction of sp³-hybridized carbons (Fsp3) is 0.280. The number of H-pyrrole nitrogens is 1. The molecule has 4 aromatic rings. The number of aromatic nitrogens is 6. The summed E-state index contributed by atoms with van der Waals surface area (Å²) in [6.07, 6.45) is 9.09. The SMILES string of the molecule is CC/C=C/c1cn(CCCC)c(=O)n1Cc1ccc(-c2ccccc2-c2nn[nH]n2)cc1. The molecule has 0 atom stereocenters. The van der Waals surface area contributed by atoms with Gasteiger partial charge in [-0.05, 0) is 40.8 Å². The van der Waals surface area contributed by atoms with Crippen LogP contribution in [0.2, 0.25) is 0 Å². The summed E-state index contributed by atoms with van der Waals surface area (Å²) in [7, 11) is 0. The number of hydrogen-bond acceptors (Lipinski definition) is 4. The first-order chi connectivity index (χ1) is 15.7. The maximum atomic E-state index is 13.0. The molecular formula is C25H28N6O. The second-order valence-electron chi connectivity index (χ2n) is 7.76. The van der Waals surface area contributed by atoms with E-state index in [2.05, 4.69) is 64.8 Å². The first-order valence-corrected chi connectivity index (χ1v) is 11.1. The predicted molar refractivity (Wildman–Crippen MR) is 127 cm³/mol. The Morgan fingerprint density at radius 2 is 1.81 bits per heavy atom. The summed E-state index contributed by atoms with van der Waals surface area (Å²) in [5.41, 5.74) is 5.08. The average molecular weight is 429 g/mol. The number of aryl methyl sites for hydroxylation is 1. The van der Waals surface area contributed by atoms with Crippen molar-refractivity contribution in [1.82, 2.24) is 29.8 Å². The average Bonchev–Trinajstić information content (AvgIpc) is 3.46. The van der Waals surface area contributed by atoms with E-state index in [1.807, 2.05) is 45.7 Å². The smallest absolute Gasteiger partial charge is 0.299 e. The highest BCUT2D eigenvalue weighted by molar-refractivity contribution is 5.80. The second kappa shape index (κ2) is 10.0. The molecule has 0 aliphatic rings. The Bertz CT molecular complexity index is 1230. The summed E-state index contributed by atoms with van der Waals surface area (Å²) in [6, 6.07) is 16.3. The number of rotatable bonds is 9. The molecule has 32 heavy (non-hydrogen) atoms. The maximum Gasteiger partial charge on any atom is 0.328 e. The zero-order valence-electron chi connectivity index (χ0n) is 18.5. The third kappa shape index (κ3) is 4.61.